The smallest absolute Gasteiger partial charge is 0.237 e. The molecule has 0 bridgehead atoms. The molecule has 1 amide bonds. The van der Waals surface area contributed by atoms with E-state index >= 15 is 0 Å². The summed E-state index contributed by atoms with van der Waals surface area (Å²) < 4.78 is 10.8. The third-order valence-corrected chi connectivity index (χ3v) is 7.53. The maximum absolute atomic E-state index is 13.2. The summed E-state index contributed by atoms with van der Waals surface area (Å²) in [4.78, 5) is 15.6. The molecule has 6 nitrogen and oxygen atoms in total. The quantitative estimate of drug-likeness (QED) is 0.467. The lowest BCUT2D eigenvalue weighted by Gasteiger charge is -2.29. The Balaban J connectivity index is 1.32. The minimum atomic E-state index is -0.141. The second-order valence-corrected chi connectivity index (χ2v) is 9.61. The summed E-state index contributed by atoms with van der Waals surface area (Å²) in [5, 5.41) is 9.26. The number of nitrogens with zero attached hydrogens (tertiary/aromatic N) is 1. The van der Waals surface area contributed by atoms with Gasteiger partial charge in [0.05, 0.1) is 19.8 Å². The number of benzene rings is 3. The summed E-state index contributed by atoms with van der Waals surface area (Å²) in [6.07, 6.45) is 2.79. The van der Waals surface area contributed by atoms with Crippen LogP contribution in [0.3, 0.4) is 0 Å². The summed E-state index contributed by atoms with van der Waals surface area (Å²) in [6, 6.07) is 21.7. The Morgan fingerprint density at radius 2 is 1.74 bits per heavy atom. The zero-order chi connectivity index (χ0) is 24.2. The molecule has 0 saturated carbocycles. The number of carbonyl (C=O) groups is 1. The van der Waals surface area contributed by atoms with E-state index in [2.05, 4.69) is 70.1 Å². The Morgan fingerprint density at radius 1 is 1.00 bits per heavy atom. The lowest BCUT2D eigenvalue weighted by Crippen LogP contribution is -2.48. The summed E-state index contributed by atoms with van der Waals surface area (Å²) in [7, 11) is 3.38. The van der Waals surface area contributed by atoms with Crippen LogP contribution in [0.4, 0.5) is 0 Å². The lowest BCUT2D eigenvalue weighted by molar-refractivity contribution is -0.126. The average molecular weight is 474 g/mol. The van der Waals surface area contributed by atoms with Gasteiger partial charge in [-0.15, -0.1) is 0 Å². The molecule has 5 rings (SSSR count). The van der Waals surface area contributed by atoms with Crippen LogP contribution in [0.5, 0.6) is 5.75 Å². The van der Waals surface area contributed by atoms with Gasteiger partial charge in [-0.05, 0) is 47.2 Å². The minimum Gasteiger partial charge on any atom is -0.496 e. The first-order valence-electron chi connectivity index (χ1n) is 12.5. The molecule has 3 aromatic carbocycles. The molecule has 35 heavy (non-hydrogen) atoms. The zero-order valence-corrected chi connectivity index (χ0v) is 20.6. The normalized spacial score (nSPS) is 20.3. The number of hydrogen-bond acceptors (Lipinski definition) is 5. The van der Waals surface area contributed by atoms with Crippen molar-refractivity contribution in [2.75, 3.05) is 33.9 Å². The summed E-state index contributed by atoms with van der Waals surface area (Å²) in [6.45, 7) is 2.62. The van der Waals surface area contributed by atoms with E-state index in [4.69, 9.17) is 9.47 Å². The average Bonchev–Trinajstić information content (AvgIpc) is 3.51. The van der Waals surface area contributed by atoms with Crippen molar-refractivity contribution in [2.24, 2.45) is 0 Å². The number of ether oxygens (including phenoxy) is 2. The van der Waals surface area contributed by atoms with Gasteiger partial charge in [0, 0.05) is 44.4 Å². The van der Waals surface area contributed by atoms with Gasteiger partial charge in [0.1, 0.15) is 5.75 Å². The molecular weight excluding hydrogens is 438 g/mol. The highest BCUT2D eigenvalue weighted by Crippen LogP contribution is 2.32. The molecule has 2 aliphatic rings. The summed E-state index contributed by atoms with van der Waals surface area (Å²) in [5.74, 6) is 0.996. The molecule has 0 radical (unpaired) electrons. The molecule has 0 aromatic heterocycles. The second kappa shape index (κ2) is 10.8. The Bertz CT molecular complexity index is 1160. The lowest BCUT2D eigenvalue weighted by atomic mass is 10.0. The van der Waals surface area contributed by atoms with Crippen LogP contribution in [-0.2, 0) is 28.9 Å². The van der Waals surface area contributed by atoms with E-state index in [-0.39, 0.29) is 18.0 Å². The summed E-state index contributed by atoms with van der Waals surface area (Å²) >= 11 is 0. The first kappa shape index (κ1) is 23.8. The van der Waals surface area contributed by atoms with Crippen LogP contribution in [0.15, 0.2) is 60.7 Å². The van der Waals surface area contributed by atoms with Crippen LogP contribution >= 0.6 is 0 Å². The Morgan fingerprint density at radius 3 is 2.49 bits per heavy atom. The summed E-state index contributed by atoms with van der Waals surface area (Å²) in [5.41, 5.74) is 3.99. The third kappa shape index (κ3) is 5.06. The SMILES string of the molecule is COCCNC(=O)[C@@H]1C[C@H](NCc2c(OC)ccc3ccccc23)CN1C1Cc2ccccc2C1. The molecule has 1 fully saturated rings. The number of nitrogens with one attached hydrogen (secondary N) is 2. The van der Waals surface area contributed by atoms with Crippen molar-refractivity contribution in [3.8, 4) is 5.75 Å². The maximum atomic E-state index is 13.2. The van der Waals surface area contributed by atoms with Crippen LogP contribution in [0.2, 0.25) is 0 Å². The van der Waals surface area contributed by atoms with Crippen LogP contribution < -0.4 is 15.4 Å². The van der Waals surface area contributed by atoms with Gasteiger partial charge < -0.3 is 20.1 Å². The monoisotopic (exact) mass is 473 g/mol. The van der Waals surface area contributed by atoms with Gasteiger partial charge in [0.15, 0.2) is 0 Å². The van der Waals surface area contributed by atoms with Gasteiger partial charge in [-0.25, -0.2) is 0 Å². The molecule has 0 spiro atoms. The van der Waals surface area contributed by atoms with E-state index in [1.165, 1.54) is 27.5 Å². The fourth-order valence-electron chi connectivity index (χ4n) is 5.77. The molecule has 1 aliphatic heterocycles. The van der Waals surface area contributed by atoms with E-state index < -0.39 is 0 Å². The number of methoxy groups -OCH3 is 2. The zero-order valence-electron chi connectivity index (χ0n) is 20.6. The highest BCUT2D eigenvalue weighted by Gasteiger charge is 2.41. The molecule has 2 N–H and O–H groups in total. The highest BCUT2D eigenvalue weighted by atomic mass is 16.5. The van der Waals surface area contributed by atoms with Crippen molar-refractivity contribution in [1.29, 1.82) is 0 Å². The van der Waals surface area contributed by atoms with Crippen molar-refractivity contribution >= 4 is 16.7 Å². The number of carbonyl (C=O) groups excluding carboxylic acids is 1. The van der Waals surface area contributed by atoms with E-state index in [0.717, 1.165) is 31.6 Å². The molecule has 2 atom stereocenters. The third-order valence-electron chi connectivity index (χ3n) is 7.53. The topological polar surface area (TPSA) is 62.8 Å². The van der Waals surface area contributed by atoms with E-state index in [1.54, 1.807) is 14.2 Å². The van der Waals surface area contributed by atoms with Gasteiger partial charge in [0.25, 0.3) is 0 Å². The molecule has 3 aromatic rings. The van der Waals surface area contributed by atoms with Gasteiger partial charge in [0.2, 0.25) is 5.91 Å². The van der Waals surface area contributed by atoms with Crippen LogP contribution in [-0.4, -0.2) is 62.8 Å². The molecule has 184 valence electrons. The fourth-order valence-corrected chi connectivity index (χ4v) is 5.77. The molecule has 0 unspecified atom stereocenters. The van der Waals surface area contributed by atoms with E-state index in [9.17, 15) is 4.79 Å². The first-order valence-corrected chi connectivity index (χ1v) is 12.5. The maximum Gasteiger partial charge on any atom is 0.237 e. The Kier molecular flexibility index (Phi) is 7.32. The van der Waals surface area contributed by atoms with Gasteiger partial charge in [-0.2, -0.15) is 0 Å². The van der Waals surface area contributed by atoms with Gasteiger partial charge >= 0.3 is 0 Å². The Labute approximate surface area is 207 Å². The van der Waals surface area contributed by atoms with Crippen molar-refractivity contribution in [3.05, 3.63) is 77.4 Å². The van der Waals surface area contributed by atoms with Gasteiger partial charge in [-0.3, -0.25) is 9.69 Å². The fraction of sp³-hybridized carbons (Fsp3) is 0.414. The van der Waals surface area contributed by atoms with Crippen molar-refractivity contribution in [2.45, 2.75) is 43.9 Å². The predicted molar refractivity (Wildman–Crippen MR) is 139 cm³/mol. The predicted octanol–water partition coefficient (Wildman–Crippen LogP) is 3.31. The molecule has 1 aliphatic carbocycles. The first-order chi connectivity index (χ1) is 17.2. The Hall–Kier alpha value is -2.93. The van der Waals surface area contributed by atoms with Crippen LogP contribution in [0.1, 0.15) is 23.1 Å². The number of hydrogen-bond donors (Lipinski definition) is 2. The second-order valence-electron chi connectivity index (χ2n) is 9.61. The largest absolute Gasteiger partial charge is 0.496 e. The highest BCUT2D eigenvalue weighted by molar-refractivity contribution is 5.87. The van der Waals surface area contributed by atoms with Crippen molar-refractivity contribution < 1.29 is 14.3 Å². The van der Waals surface area contributed by atoms with Crippen molar-refractivity contribution in [3.63, 3.8) is 0 Å². The molecule has 6 heteroatoms. The number of likely N-dealkylation sites (tertiary alicyclic amines) is 1. The molecular formula is C29H35N3O3. The van der Waals surface area contributed by atoms with E-state index in [0.29, 0.717) is 25.7 Å². The van der Waals surface area contributed by atoms with Crippen LogP contribution in [0.25, 0.3) is 10.8 Å². The number of rotatable bonds is 9. The van der Waals surface area contributed by atoms with Gasteiger partial charge in [-0.1, -0.05) is 54.6 Å². The number of amides is 1. The number of fused-ring (bicyclic) bond motifs is 2. The standard InChI is InChI=1S/C29H35N3O3/c1-34-14-13-30-29(33)27-17-23(19-32(27)24-15-21-8-3-4-9-22(21)16-24)31-18-26-25-10-6-5-7-20(25)11-12-28(26)35-2/h3-12,23-24,27,31H,13-19H2,1-2H3,(H,30,33)/t23-,27-/m0/s1. The van der Waals surface area contributed by atoms with E-state index in [1.807, 2.05) is 6.07 Å². The van der Waals surface area contributed by atoms with Crippen LogP contribution in [0, 0.1) is 0 Å². The minimum absolute atomic E-state index is 0.102. The molecule has 1 saturated heterocycles. The molecule has 1 heterocycles. The van der Waals surface area contributed by atoms with Crippen molar-refractivity contribution in [1.82, 2.24) is 15.5 Å².